The Hall–Kier alpha value is -1.07. The van der Waals surface area contributed by atoms with E-state index in [2.05, 4.69) is 0 Å². The monoisotopic (exact) mass is 294 g/mol. The van der Waals surface area contributed by atoms with Crippen molar-refractivity contribution in [2.45, 2.75) is 50.5 Å². The summed E-state index contributed by atoms with van der Waals surface area (Å²) in [7, 11) is -3.42. The Morgan fingerprint density at radius 2 is 1.85 bits per heavy atom. The molecule has 1 aromatic carbocycles. The quantitative estimate of drug-likeness (QED) is 0.848. The molecule has 5 heteroatoms. The van der Waals surface area contributed by atoms with Crippen molar-refractivity contribution >= 4 is 15.7 Å². The van der Waals surface area contributed by atoms with E-state index in [-0.39, 0.29) is 6.04 Å². The van der Waals surface area contributed by atoms with Gasteiger partial charge in [-0.05, 0) is 68.7 Å². The number of nitrogens with two attached hydrogens (primary N) is 1. The number of nitrogen functional groups attached to an aromatic ring is 1. The molecule has 2 fully saturated rings. The molecule has 3 rings (SSSR count). The first-order valence-corrected chi connectivity index (χ1v) is 8.72. The molecule has 0 amide bonds. The Kier molecular flexibility index (Phi) is 3.29. The van der Waals surface area contributed by atoms with Gasteiger partial charge < -0.3 is 5.73 Å². The average Bonchev–Trinajstić information content (AvgIpc) is 3.24. The van der Waals surface area contributed by atoms with Gasteiger partial charge in [-0.15, -0.1) is 0 Å². The van der Waals surface area contributed by atoms with Gasteiger partial charge in [0.25, 0.3) is 0 Å². The van der Waals surface area contributed by atoms with Crippen molar-refractivity contribution in [2.24, 2.45) is 5.92 Å². The minimum atomic E-state index is -3.42. The second kappa shape index (κ2) is 4.74. The van der Waals surface area contributed by atoms with Crippen molar-refractivity contribution in [3.8, 4) is 0 Å². The molecular weight excluding hydrogens is 272 g/mol. The van der Waals surface area contributed by atoms with Gasteiger partial charge in [0.1, 0.15) is 0 Å². The number of anilines is 1. The van der Waals surface area contributed by atoms with Gasteiger partial charge in [0.05, 0.1) is 4.90 Å². The predicted octanol–water partition coefficient (Wildman–Crippen LogP) is 2.45. The molecule has 0 saturated heterocycles. The maximum atomic E-state index is 13.0. The fourth-order valence-electron chi connectivity index (χ4n) is 2.61. The Morgan fingerprint density at radius 1 is 1.20 bits per heavy atom. The molecule has 0 bridgehead atoms. The fraction of sp³-hybridized carbons (Fsp3) is 0.600. The number of hydrogen-bond donors (Lipinski definition) is 1. The third kappa shape index (κ3) is 2.56. The minimum Gasteiger partial charge on any atom is -0.398 e. The Bertz CT molecular complexity index is 632. The summed E-state index contributed by atoms with van der Waals surface area (Å²) in [6.07, 6.45) is 4.31. The Labute approximate surface area is 121 Å². The van der Waals surface area contributed by atoms with Gasteiger partial charge in [-0.2, -0.15) is 4.31 Å². The van der Waals surface area contributed by atoms with Crippen molar-refractivity contribution in [1.82, 2.24) is 4.31 Å². The van der Waals surface area contributed by atoms with Crippen LogP contribution in [0.3, 0.4) is 0 Å². The normalized spacial score (nSPS) is 19.6. The topological polar surface area (TPSA) is 63.4 Å². The van der Waals surface area contributed by atoms with Crippen LogP contribution < -0.4 is 5.73 Å². The highest BCUT2D eigenvalue weighted by molar-refractivity contribution is 7.89. The maximum absolute atomic E-state index is 13.0. The van der Waals surface area contributed by atoms with Crippen molar-refractivity contribution in [3.05, 3.63) is 23.3 Å². The van der Waals surface area contributed by atoms with Crippen molar-refractivity contribution in [1.29, 1.82) is 0 Å². The van der Waals surface area contributed by atoms with Crippen LogP contribution in [0.2, 0.25) is 0 Å². The zero-order valence-electron chi connectivity index (χ0n) is 12.1. The summed E-state index contributed by atoms with van der Waals surface area (Å²) in [4.78, 5) is 0.391. The molecule has 0 unspecified atom stereocenters. The summed E-state index contributed by atoms with van der Waals surface area (Å²) >= 11 is 0. The molecule has 110 valence electrons. The van der Waals surface area contributed by atoms with Crippen molar-refractivity contribution in [2.75, 3.05) is 12.3 Å². The van der Waals surface area contributed by atoms with Crippen LogP contribution in [0.1, 0.15) is 36.8 Å². The van der Waals surface area contributed by atoms with Crippen LogP contribution in [0.4, 0.5) is 5.69 Å². The molecule has 1 aromatic rings. The van der Waals surface area contributed by atoms with Gasteiger partial charge >= 0.3 is 0 Å². The van der Waals surface area contributed by atoms with Crippen LogP contribution in [-0.4, -0.2) is 25.3 Å². The first-order valence-electron chi connectivity index (χ1n) is 7.28. The van der Waals surface area contributed by atoms with Crippen LogP contribution >= 0.6 is 0 Å². The summed E-state index contributed by atoms with van der Waals surface area (Å²) in [6.45, 7) is 4.36. The molecule has 4 nitrogen and oxygen atoms in total. The summed E-state index contributed by atoms with van der Waals surface area (Å²) in [5, 5.41) is 0. The zero-order chi connectivity index (χ0) is 14.5. The fourth-order valence-corrected chi connectivity index (χ4v) is 4.71. The lowest BCUT2D eigenvalue weighted by molar-refractivity contribution is 0.388. The zero-order valence-corrected chi connectivity index (χ0v) is 12.9. The standard InChI is InChI=1S/C15H22N2O2S/c1-10-7-14(16)11(2)15(8-10)20(18,19)17(13-5-6-13)9-12-3-4-12/h7-8,12-13H,3-6,9,16H2,1-2H3. The summed E-state index contributed by atoms with van der Waals surface area (Å²) in [6, 6.07) is 3.79. The van der Waals surface area contributed by atoms with E-state index in [0.717, 1.165) is 31.2 Å². The summed E-state index contributed by atoms with van der Waals surface area (Å²) < 4.78 is 27.7. The second-order valence-electron chi connectivity index (χ2n) is 6.23. The van der Waals surface area contributed by atoms with E-state index in [1.165, 1.54) is 0 Å². The number of benzene rings is 1. The third-order valence-corrected chi connectivity index (χ3v) is 6.26. The molecule has 2 N–H and O–H groups in total. The molecule has 2 aliphatic rings. The smallest absolute Gasteiger partial charge is 0.243 e. The number of rotatable bonds is 5. The third-order valence-electron chi connectivity index (χ3n) is 4.22. The van der Waals surface area contributed by atoms with Gasteiger partial charge in [0.2, 0.25) is 10.0 Å². The molecule has 0 atom stereocenters. The largest absolute Gasteiger partial charge is 0.398 e. The molecular formula is C15H22N2O2S. The van der Waals surface area contributed by atoms with E-state index < -0.39 is 10.0 Å². The minimum absolute atomic E-state index is 0.210. The SMILES string of the molecule is Cc1cc(N)c(C)c(S(=O)(=O)N(CC2CC2)C2CC2)c1. The van der Waals surface area contributed by atoms with Crippen LogP contribution in [0.25, 0.3) is 0 Å². The molecule has 20 heavy (non-hydrogen) atoms. The molecule has 0 spiro atoms. The lowest BCUT2D eigenvalue weighted by Gasteiger charge is -2.23. The van der Waals surface area contributed by atoms with Crippen LogP contribution in [0, 0.1) is 19.8 Å². The summed E-state index contributed by atoms with van der Waals surface area (Å²) in [5.74, 6) is 0.563. The average molecular weight is 294 g/mol. The van der Waals surface area contributed by atoms with Crippen molar-refractivity contribution < 1.29 is 8.42 Å². The maximum Gasteiger partial charge on any atom is 0.243 e. The summed E-state index contributed by atoms with van der Waals surface area (Å²) in [5.41, 5.74) is 8.08. The van der Waals surface area contributed by atoms with E-state index in [9.17, 15) is 8.42 Å². The van der Waals surface area contributed by atoms with Crippen molar-refractivity contribution in [3.63, 3.8) is 0 Å². The van der Waals surface area contributed by atoms with E-state index in [0.29, 0.717) is 28.6 Å². The second-order valence-corrected chi connectivity index (χ2v) is 8.09. The molecule has 0 radical (unpaired) electrons. The van der Waals surface area contributed by atoms with Gasteiger partial charge in [0, 0.05) is 18.3 Å². The van der Waals surface area contributed by atoms with Gasteiger partial charge in [-0.25, -0.2) is 8.42 Å². The predicted molar refractivity (Wildman–Crippen MR) is 80.0 cm³/mol. The van der Waals surface area contributed by atoms with Gasteiger partial charge in [-0.3, -0.25) is 0 Å². The van der Waals surface area contributed by atoms with E-state index in [1.807, 2.05) is 13.0 Å². The first kappa shape index (κ1) is 13.9. The highest BCUT2D eigenvalue weighted by Crippen LogP contribution is 2.39. The molecule has 2 saturated carbocycles. The van der Waals surface area contributed by atoms with Crippen LogP contribution in [0.5, 0.6) is 0 Å². The number of sulfonamides is 1. The van der Waals surface area contributed by atoms with Crippen LogP contribution in [-0.2, 0) is 10.0 Å². The Balaban J connectivity index is 2.01. The van der Waals surface area contributed by atoms with Gasteiger partial charge in [-0.1, -0.05) is 0 Å². The van der Waals surface area contributed by atoms with E-state index >= 15 is 0 Å². The Morgan fingerprint density at radius 3 is 2.40 bits per heavy atom. The highest BCUT2D eigenvalue weighted by Gasteiger charge is 2.41. The molecule has 2 aliphatic carbocycles. The number of nitrogens with zero attached hydrogens (tertiary/aromatic N) is 1. The van der Waals surface area contributed by atoms with E-state index in [1.54, 1.807) is 17.3 Å². The van der Waals surface area contributed by atoms with Crippen LogP contribution in [0.15, 0.2) is 17.0 Å². The number of aryl methyl sites for hydroxylation is 1. The number of hydrogen-bond acceptors (Lipinski definition) is 3. The lowest BCUT2D eigenvalue weighted by Crippen LogP contribution is -2.35. The van der Waals surface area contributed by atoms with E-state index in [4.69, 9.17) is 5.73 Å². The molecule has 0 aromatic heterocycles. The molecule has 0 heterocycles. The highest BCUT2D eigenvalue weighted by atomic mass is 32.2. The lowest BCUT2D eigenvalue weighted by atomic mass is 10.1. The first-order chi connectivity index (χ1) is 9.39. The molecule has 0 aliphatic heterocycles. The van der Waals surface area contributed by atoms with Gasteiger partial charge in [0.15, 0.2) is 0 Å².